The highest BCUT2D eigenvalue weighted by atomic mass is 32.2. The van der Waals surface area contributed by atoms with Gasteiger partial charge in [-0.2, -0.15) is 15.2 Å². The first-order chi connectivity index (χ1) is 16.2. The number of anilines is 3. The third kappa shape index (κ3) is 5.59. The van der Waals surface area contributed by atoms with Gasteiger partial charge in [-0.15, -0.1) is 0 Å². The van der Waals surface area contributed by atoms with E-state index < -0.39 is 9.84 Å². The summed E-state index contributed by atoms with van der Waals surface area (Å²) in [6.07, 6.45) is 3.70. The van der Waals surface area contributed by atoms with Gasteiger partial charge in [-0.1, -0.05) is 0 Å². The first kappa shape index (κ1) is 24.5. The predicted molar refractivity (Wildman–Crippen MR) is 131 cm³/mol. The summed E-state index contributed by atoms with van der Waals surface area (Å²) in [4.78, 5) is 13.2. The van der Waals surface area contributed by atoms with E-state index in [1.54, 1.807) is 25.2 Å². The van der Waals surface area contributed by atoms with Crippen molar-refractivity contribution < 1.29 is 13.2 Å². The molecule has 0 saturated heterocycles. The number of benzene rings is 1. The number of ether oxygens (including phenoxy) is 1. The average molecular weight is 484 g/mol. The topological polar surface area (TPSA) is 184 Å². The molecule has 0 aliphatic rings. The summed E-state index contributed by atoms with van der Waals surface area (Å²) >= 11 is 0. The zero-order valence-electron chi connectivity index (χ0n) is 18.9. The number of rotatable bonds is 10. The van der Waals surface area contributed by atoms with Crippen molar-refractivity contribution in [3.05, 3.63) is 35.5 Å². The Labute approximate surface area is 196 Å². The van der Waals surface area contributed by atoms with E-state index in [4.69, 9.17) is 15.6 Å². The van der Waals surface area contributed by atoms with Crippen molar-refractivity contribution in [1.29, 1.82) is 16.1 Å². The van der Waals surface area contributed by atoms with Crippen LogP contribution in [0.4, 0.5) is 17.5 Å². The highest BCUT2D eigenvalue weighted by molar-refractivity contribution is 7.90. The maximum absolute atomic E-state index is 11.5. The smallest absolute Gasteiger partial charge is 0.231 e. The third-order valence-electron chi connectivity index (χ3n) is 4.77. The van der Waals surface area contributed by atoms with Gasteiger partial charge in [0, 0.05) is 31.6 Å². The lowest BCUT2D eigenvalue weighted by atomic mass is 10.1. The van der Waals surface area contributed by atoms with E-state index >= 15 is 0 Å². The molecule has 0 fully saturated rings. The van der Waals surface area contributed by atoms with Gasteiger partial charge in [0.1, 0.15) is 39.0 Å². The van der Waals surface area contributed by atoms with Crippen molar-refractivity contribution >= 4 is 50.5 Å². The molecule has 34 heavy (non-hydrogen) atoms. The number of H-pyrrole nitrogens is 1. The van der Waals surface area contributed by atoms with E-state index in [0.29, 0.717) is 46.0 Å². The van der Waals surface area contributed by atoms with Crippen LogP contribution < -0.4 is 15.4 Å². The molecule has 0 atom stereocenters. The Morgan fingerprint density at radius 3 is 2.79 bits per heavy atom. The monoisotopic (exact) mass is 483 g/mol. The van der Waals surface area contributed by atoms with Crippen molar-refractivity contribution in [1.82, 2.24) is 19.9 Å². The molecule has 3 aromatic rings. The average Bonchev–Trinajstić information content (AvgIpc) is 3.21. The third-order valence-corrected chi connectivity index (χ3v) is 5.71. The quantitative estimate of drug-likeness (QED) is 0.213. The van der Waals surface area contributed by atoms with Gasteiger partial charge in [-0.25, -0.2) is 8.42 Å². The molecule has 2 heterocycles. The Morgan fingerprint density at radius 2 is 2.15 bits per heavy atom. The van der Waals surface area contributed by atoms with Gasteiger partial charge in [0.15, 0.2) is 0 Å². The SMILES string of the molecule is CCOc1cc(C(=N)N(C)C=N)ccc1Nc1nc(NCCS(C)(=O)=O)c2c(C#N)c[nH]c2n1. The van der Waals surface area contributed by atoms with Crippen molar-refractivity contribution in [3.63, 3.8) is 0 Å². The molecule has 178 valence electrons. The van der Waals surface area contributed by atoms with Gasteiger partial charge in [-0.05, 0) is 25.1 Å². The fourth-order valence-corrected chi connectivity index (χ4v) is 3.57. The Balaban J connectivity index is 1.98. The summed E-state index contributed by atoms with van der Waals surface area (Å²) in [6, 6.07) is 7.18. The van der Waals surface area contributed by atoms with Crippen LogP contribution in [-0.2, 0) is 9.84 Å². The highest BCUT2D eigenvalue weighted by Crippen LogP contribution is 2.31. The number of nitriles is 1. The van der Waals surface area contributed by atoms with Gasteiger partial charge in [0.25, 0.3) is 0 Å². The van der Waals surface area contributed by atoms with Gasteiger partial charge in [0.05, 0.1) is 35.3 Å². The maximum atomic E-state index is 11.5. The minimum Gasteiger partial charge on any atom is -0.492 e. The van der Waals surface area contributed by atoms with Crippen LogP contribution in [0.1, 0.15) is 18.1 Å². The van der Waals surface area contributed by atoms with Gasteiger partial charge in [0.2, 0.25) is 5.95 Å². The molecule has 12 nitrogen and oxygen atoms in total. The first-order valence-corrected chi connectivity index (χ1v) is 12.3. The zero-order valence-corrected chi connectivity index (χ0v) is 19.7. The number of hydrogen-bond acceptors (Lipinski definition) is 10. The van der Waals surface area contributed by atoms with Crippen LogP contribution in [0, 0.1) is 22.1 Å². The van der Waals surface area contributed by atoms with E-state index in [1.807, 2.05) is 6.92 Å². The Morgan fingerprint density at radius 1 is 1.38 bits per heavy atom. The lowest BCUT2D eigenvalue weighted by Crippen LogP contribution is -2.24. The van der Waals surface area contributed by atoms with Gasteiger partial charge in [-0.3, -0.25) is 10.8 Å². The van der Waals surface area contributed by atoms with Crippen LogP contribution in [0.3, 0.4) is 0 Å². The van der Waals surface area contributed by atoms with E-state index in [0.717, 1.165) is 12.6 Å². The molecular weight excluding hydrogens is 458 g/mol. The molecule has 0 unspecified atom stereocenters. The number of fused-ring (bicyclic) bond motifs is 1. The standard InChI is InChI=1S/C21H25N9O3S/c1-4-33-16-9-13(18(24)30(2)12-23)5-6-15(16)27-21-28-19(25-7-8-34(3,31)32)17-14(10-22)11-26-20(17)29-21/h5-6,9,11-12,23-24H,4,7-8H2,1-3H3,(H3,25,26,27,28,29). The Kier molecular flexibility index (Phi) is 7.32. The van der Waals surface area contributed by atoms with Crippen LogP contribution in [-0.4, -0.2) is 72.7 Å². The van der Waals surface area contributed by atoms with Crippen LogP contribution >= 0.6 is 0 Å². The van der Waals surface area contributed by atoms with E-state index in [1.165, 1.54) is 11.1 Å². The first-order valence-electron chi connectivity index (χ1n) is 10.2. The molecule has 5 N–H and O–H groups in total. The van der Waals surface area contributed by atoms with Crippen molar-refractivity contribution in [3.8, 4) is 11.8 Å². The summed E-state index contributed by atoms with van der Waals surface area (Å²) < 4.78 is 28.8. The lowest BCUT2D eigenvalue weighted by Gasteiger charge is -2.17. The molecule has 2 aromatic heterocycles. The molecule has 0 saturated carbocycles. The molecule has 0 amide bonds. The summed E-state index contributed by atoms with van der Waals surface area (Å²) in [7, 11) is -1.58. The number of amidine groups is 1. The summed E-state index contributed by atoms with van der Waals surface area (Å²) in [5.41, 5.74) is 1.84. The summed E-state index contributed by atoms with van der Waals surface area (Å²) in [6.45, 7) is 2.33. The van der Waals surface area contributed by atoms with Crippen molar-refractivity contribution in [2.45, 2.75) is 6.92 Å². The zero-order chi connectivity index (χ0) is 24.9. The Hall–Kier alpha value is -4.18. The molecule has 0 spiro atoms. The fourth-order valence-electron chi connectivity index (χ4n) is 3.10. The van der Waals surface area contributed by atoms with E-state index in [2.05, 4.69) is 31.7 Å². The van der Waals surface area contributed by atoms with Gasteiger partial charge < -0.3 is 25.3 Å². The van der Waals surface area contributed by atoms with Crippen LogP contribution in [0.25, 0.3) is 11.0 Å². The maximum Gasteiger partial charge on any atom is 0.231 e. The van der Waals surface area contributed by atoms with Crippen LogP contribution in [0.2, 0.25) is 0 Å². The van der Waals surface area contributed by atoms with E-state index in [9.17, 15) is 13.7 Å². The van der Waals surface area contributed by atoms with Crippen LogP contribution in [0.5, 0.6) is 5.75 Å². The normalized spacial score (nSPS) is 11.0. The Bertz CT molecular complexity index is 1380. The molecular formula is C21H25N9O3S. The minimum absolute atomic E-state index is 0.0975. The second kappa shape index (κ2) is 10.2. The number of sulfone groups is 1. The predicted octanol–water partition coefficient (Wildman–Crippen LogP) is 2.29. The highest BCUT2D eigenvalue weighted by Gasteiger charge is 2.16. The molecule has 1 aromatic carbocycles. The van der Waals surface area contributed by atoms with Crippen LogP contribution in [0.15, 0.2) is 24.4 Å². The number of nitrogens with one attached hydrogen (secondary N) is 5. The lowest BCUT2D eigenvalue weighted by molar-refractivity contribution is 0.342. The molecule has 0 aliphatic carbocycles. The van der Waals surface area contributed by atoms with Crippen molar-refractivity contribution in [2.24, 2.45) is 0 Å². The number of aromatic nitrogens is 3. The minimum atomic E-state index is -3.19. The van der Waals surface area contributed by atoms with Crippen molar-refractivity contribution in [2.75, 3.05) is 42.8 Å². The number of aromatic amines is 1. The summed E-state index contributed by atoms with van der Waals surface area (Å²) in [5, 5.41) is 31.5. The number of hydrogen-bond donors (Lipinski definition) is 5. The summed E-state index contributed by atoms with van der Waals surface area (Å²) in [5.74, 6) is 1.01. The largest absolute Gasteiger partial charge is 0.492 e. The number of nitrogens with zero attached hydrogens (tertiary/aromatic N) is 4. The van der Waals surface area contributed by atoms with Gasteiger partial charge >= 0.3 is 0 Å². The fraction of sp³-hybridized carbons (Fsp3) is 0.286. The molecule has 0 bridgehead atoms. The molecule has 3 rings (SSSR count). The van der Waals surface area contributed by atoms with E-state index in [-0.39, 0.29) is 24.1 Å². The molecule has 0 radical (unpaired) electrons. The second-order valence-electron chi connectivity index (χ2n) is 7.35. The molecule has 13 heteroatoms. The second-order valence-corrected chi connectivity index (χ2v) is 9.61. The molecule has 0 aliphatic heterocycles.